The Kier molecular flexibility index (Phi) is 7.41. The molecule has 0 aromatic heterocycles. The lowest BCUT2D eigenvalue weighted by Crippen LogP contribution is -2.34. The van der Waals surface area contributed by atoms with Gasteiger partial charge in [-0.2, -0.15) is 0 Å². The number of carbonyl (C=O) groups is 1. The molecule has 0 aliphatic rings. The molecule has 0 aliphatic carbocycles. The summed E-state index contributed by atoms with van der Waals surface area (Å²) < 4.78 is 70.9. The van der Waals surface area contributed by atoms with Gasteiger partial charge in [0, 0.05) is 20.0 Å². The molecule has 0 bridgehead atoms. The van der Waals surface area contributed by atoms with E-state index in [1.54, 1.807) is 6.07 Å². The maximum absolute atomic E-state index is 13.4. The molecular weight excluding hydrogens is 397 g/mol. The molecule has 6 nitrogen and oxygen atoms in total. The Labute approximate surface area is 161 Å². The van der Waals surface area contributed by atoms with E-state index in [1.807, 2.05) is 0 Å². The van der Waals surface area contributed by atoms with Crippen molar-refractivity contribution in [1.82, 2.24) is 9.62 Å². The van der Waals surface area contributed by atoms with Crippen LogP contribution in [0.2, 0.25) is 0 Å². The first-order valence-corrected chi connectivity index (χ1v) is 9.75. The Balaban J connectivity index is 1.77. The second-order valence-electron chi connectivity index (χ2n) is 5.82. The summed E-state index contributed by atoms with van der Waals surface area (Å²) in [5.74, 6) is -3.25. The number of carbonyl (C=O) groups excluding carboxylic acids is 1. The van der Waals surface area contributed by atoms with Gasteiger partial charge in [0.25, 0.3) is 0 Å². The summed E-state index contributed by atoms with van der Waals surface area (Å²) in [6.07, 6.45) is -0.154. The first kappa shape index (κ1) is 21.7. The lowest BCUT2D eigenvalue weighted by molar-refractivity contribution is -0.130. The van der Waals surface area contributed by atoms with Gasteiger partial charge in [-0.25, -0.2) is 26.3 Å². The van der Waals surface area contributed by atoms with E-state index in [0.29, 0.717) is 12.1 Å². The van der Waals surface area contributed by atoms with Gasteiger partial charge in [0.15, 0.2) is 23.2 Å². The molecule has 10 heteroatoms. The third-order valence-corrected chi connectivity index (χ3v) is 5.24. The van der Waals surface area contributed by atoms with Crippen molar-refractivity contribution in [2.45, 2.75) is 11.3 Å². The van der Waals surface area contributed by atoms with Crippen LogP contribution in [0, 0.1) is 17.5 Å². The van der Waals surface area contributed by atoms with Crippen LogP contribution >= 0.6 is 0 Å². The molecule has 2 aromatic carbocycles. The minimum atomic E-state index is -4.07. The zero-order valence-electron chi connectivity index (χ0n) is 15.0. The van der Waals surface area contributed by atoms with Crippen molar-refractivity contribution in [2.24, 2.45) is 0 Å². The Morgan fingerprint density at radius 1 is 1.07 bits per heavy atom. The largest absolute Gasteiger partial charge is 0.489 e. The van der Waals surface area contributed by atoms with Gasteiger partial charge in [0.1, 0.15) is 6.61 Å². The molecule has 1 N–H and O–H groups in total. The molecule has 0 aliphatic heterocycles. The van der Waals surface area contributed by atoms with Crippen LogP contribution in [0.4, 0.5) is 13.2 Å². The monoisotopic (exact) mass is 416 g/mol. The van der Waals surface area contributed by atoms with E-state index in [-0.39, 0.29) is 37.8 Å². The molecule has 0 fully saturated rings. The predicted octanol–water partition coefficient (Wildman–Crippen LogP) is 2.31. The van der Waals surface area contributed by atoms with E-state index in [4.69, 9.17) is 4.74 Å². The number of benzene rings is 2. The quantitative estimate of drug-likeness (QED) is 0.681. The van der Waals surface area contributed by atoms with Gasteiger partial charge in [-0.1, -0.05) is 12.1 Å². The average Bonchev–Trinajstić information content (AvgIpc) is 2.65. The SMILES string of the molecule is CN(CCOc1ccccc1F)C(=O)CCNS(=O)(=O)c1ccc(F)c(F)c1. The highest BCUT2D eigenvalue weighted by atomic mass is 32.2. The van der Waals surface area contributed by atoms with Crippen molar-refractivity contribution in [2.75, 3.05) is 26.7 Å². The summed E-state index contributed by atoms with van der Waals surface area (Å²) in [4.78, 5) is 12.9. The normalized spacial score (nSPS) is 11.3. The van der Waals surface area contributed by atoms with Crippen molar-refractivity contribution >= 4 is 15.9 Å². The zero-order chi connectivity index (χ0) is 20.7. The molecule has 28 heavy (non-hydrogen) atoms. The number of rotatable bonds is 9. The van der Waals surface area contributed by atoms with Crippen LogP contribution in [0.1, 0.15) is 6.42 Å². The van der Waals surface area contributed by atoms with E-state index in [2.05, 4.69) is 4.72 Å². The summed E-state index contributed by atoms with van der Waals surface area (Å²) in [6.45, 7) is 0.00548. The third-order valence-electron chi connectivity index (χ3n) is 3.78. The van der Waals surface area contributed by atoms with Gasteiger partial charge in [0.2, 0.25) is 15.9 Å². The fourth-order valence-corrected chi connectivity index (χ4v) is 3.23. The molecule has 0 saturated heterocycles. The molecule has 2 rings (SSSR count). The number of sulfonamides is 1. The van der Waals surface area contributed by atoms with Crippen LogP contribution in [-0.2, 0) is 14.8 Å². The smallest absolute Gasteiger partial charge is 0.240 e. The molecule has 0 saturated carbocycles. The van der Waals surface area contributed by atoms with Crippen molar-refractivity contribution in [3.8, 4) is 5.75 Å². The van der Waals surface area contributed by atoms with Gasteiger partial charge >= 0.3 is 0 Å². The molecule has 152 valence electrons. The Morgan fingerprint density at radius 2 is 1.79 bits per heavy atom. The Hall–Kier alpha value is -2.59. The lowest BCUT2D eigenvalue weighted by Gasteiger charge is -2.18. The number of nitrogens with zero attached hydrogens (tertiary/aromatic N) is 1. The minimum Gasteiger partial charge on any atom is -0.489 e. The van der Waals surface area contributed by atoms with Crippen molar-refractivity contribution in [1.29, 1.82) is 0 Å². The fourth-order valence-electron chi connectivity index (χ4n) is 2.19. The lowest BCUT2D eigenvalue weighted by atomic mass is 10.3. The van der Waals surface area contributed by atoms with Crippen molar-refractivity contribution in [3.63, 3.8) is 0 Å². The number of likely N-dealkylation sites (N-methyl/N-ethyl adjacent to an activating group) is 1. The molecular formula is C18H19F3N2O4S. The zero-order valence-corrected chi connectivity index (χ0v) is 15.8. The number of hydrogen-bond acceptors (Lipinski definition) is 4. The predicted molar refractivity (Wildman–Crippen MR) is 95.7 cm³/mol. The summed E-state index contributed by atoms with van der Waals surface area (Å²) in [7, 11) is -2.58. The van der Waals surface area contributed by atoms with Crippen LogP contribution in [0.5, 0.6) is 5.75 Å². The van der Waals surface area contributed by atoms with Crippen LogP contribution in [0.15, 0.2) is 47.4 Å². The molecule has 0 radical (unpaired) electrons. The van der Waals surface area contributed by atoms with Gasteiger partial charge < -0.3 is 9.64 Å². The van der Waals surface area contributed by atoms with Gasteiger partial charge in [-0.15, -0.1) is 0 Å². The van der Waals surface area contributed by atoms with Crippen LogP contribution in [0.3, 0.4) is 0 Å². The molecule has 1 amide bonds. The van der Waals surface area contributed by atoms with Crippen molar-refractivity contribution < 1.29 is 31.1 Å². The minimum absolute atomic E-state index is 0.0593. The Bertz CT molecular complexity index is 938. The van der Waals surface area contributed by atoms with E-state index in [1.165, 1.54) is 30.1 Å². The second kappa shape index (κ2) is 9.56. The highest BCUT2D eigenvalue weighted by Gasteiger charge is 2.17. The average molecular weight is 416 g/mol. The molecule has 2 aromatic rings. The maximum Gasteiger partial charge on any atom is 0.240 e. The fraction of sp³-hybridized carbons (Fsp3) is 0.278. The molecule has 0 atom stereocenters. The maximum atomic E-state index is 13.4. The van der Waals surface area contributed by atoms with Crippen LogP contribution in [-0.4, -0.2) is 46.0 Å². The van der Waals surface area contributed by atoms with E-state index >= 15 is 0 Å². The van der Waals surface area contributed by atoms with E-state index in [9.17, 15) is 26.4 Å². The third kappa shape index (κ3) is 5.96. The number of halogens is 3. The van der Waals surface area contributed by atoms with Crippen LogP contribution < -0.4 is 9.46 Å². The molecule has 0 unspecified atom stereocenters. The number of amides is 1. The molecule has 0 spiro atoms. The van der Waals surface area contributed by atoms with Crippen LogP contribution in [0.25, 0.3) is 0 Å². The first-order chi connectivity index (χ1) is 13.2. The Morgan fingerprint density at radius 3 is 2.46 bits per heavy atom. The second-order valence-corrected chi connectivity index (χ2v) is 7.58. The van der Waals surface area contributed by atoms with E-state index < -0.39 is 32.4 Å². The van der Waals surface area contributed by atoms with Gasteiger partial charge in [0.05, 0.1) is 11.4 Å². The summed E-state index contributed by atoms with van der Waals surface area (Å²) in [6, 6.07) is 8.05. The first-order valence-electron chi connectivity index (χ1n) is 8.26. The van der Waals surface area contributed by atoms with E-state index in [0.717, 1.165) is 6.07 Å². The molecule has 0 heterocycles. The topological polar surface area (TPSA) is 75.7 Å². The number of ether oxygens (including phenoxy) is 1. The van der Waals surface area contributed by atoms with Gasteiger partial charge in [-0.3, -0.25) is 4.79 Å². The standard InChI is InChI=1S/C18H19F3N2O4S/c1-23(10-11-27-17-5-3-2-4-15(17)20)18(24)8-9-22-28(25,26)13-6-7-14(19)16(21)12-13/h2-7,12,22H,8-11H2,1H3. The number of hydrogen-bond donors (Lipinski definition) is 1. The van der Waals surface area contributed by atoms with Crippen molar-refractivity contribution in [3.05, 3.63) is 59.9 Å². The van der Waals surface area contributed by atoms with Gasteiger partial charge in [-0.05, 0) is 30.3 Å². The summed E-state index contributed by atoms with van der Waals surface area (Å²) in [5.41, 5.74) is 0. The summed E-state index contributed by atoms with van der Waals surface area (Å²) >= 11 is 0. The highest BCUT2D eigenvalue weighted by Crippen LogP contribution is 2.15. The highest BCUT2D eigenvalue weighted by molar-refractivity contribution is 7.89. The number of para-hydroxylation sites is 1. The summed E-state index contributed by atoms with van der Waals surface area (Å²) in [5, 5.41) is 0. The number of nitrogens with one attached hydrogen (secondary N) is 1.